The van der Waals surface area contributed by atoms with Crippen LogP contribution in [-0.2, 0) is 13.1 Å². The van der Waals surface area contributed by atoms with Gasteiger partial charge in [0, 0.05) is 24.5 Å². The lowest BCUT2D eigenvalue weighted by atomic mass is 10.2. The third-order valence-electron chi connectivity index (χ3n) is 3.19. The van der Waals surface area contributed by atoms with Gasteiger partial charge in [0.1, 0.15) is 5.56 Å². The van der Waals surface area contributed by atoms with Crippen molar-refractivity contribution in [2.75, 3.05) is 6.61 Å². The zero-order valence-electron chi connectivity index (χ0n) is 10.8. The lowest BCUT2D eigenvalue weighted by Gasteiger charge is -2.15. The van der Waals surface area contributed by atoms with Crippen molar-refractivity contribution in [1.29, 1.82) is 0 Å². The molecule has 104 valence electrons. The number of nitrogens with one attached hydrogen (secondary N) is 1. The van der Waals surface area contributed by atoms with Crippen LogP contribution in [-0.4, -0.2) is 22.3 Å². The Hall–Kier alpha value is -2.01. The molecule has 0 bridgehead atoms. The molecule has 2 heterocycles. The van der Waals surface area contributed by atoms with Crippen molar-refractivity contribution in [3.05, 3.63) is 46.6 Å². The maximum atomic E-state index is 12.2. The SMILES string of the molecule is O=C(NCc1ccccc1Cl)c1cnn2c1OCCC2. The van der Waals surface area contributed by atoms with E-state index >= 15 is 0 Å². The predicted molar refractivity (Wildman–Crippen MR) is 75.0 cm³/mol. The van der Waals surface area contributed by atoms with Crippen LogP contribution in [0.2, 0.25) is 5.02 Å². The van der Waals surface area contributed by atoms with E-state index in [1.54, 1.807) is 16.9 Å². The number of amides is 1. The first-order valence-corrected chi connectivity index (χ1v) is 6.84. The van der Waals surface area contributed by atoms with Crippen LogP contribution in [0.1, 0.15) is 22.3 Å². The molecule has 0 spiro atoms. The fourth-order valence-corrected chi connectivity index (χ4v) is 2.34. The number of aryl methyl sites for hydroxylation is 1. The Labute approximate surface area is 121 Å². The summed E-state index contributed by atoms with van der Waals surface area (Å²) in [7, 11) is 0. The van der Waals surface area contributed by atoms with Crippen LogP contribution in [0.25, 0.3) is 0 Å². The summed E-state index contributed by atoms with van der Waals surface area (Å²) in [6, 6.07) is 7.43. The Balaban J connectivity index is 1.71. The molecule has 6 heteroatoms. The van der Waals surface area contributed by atoms with Crippen LogP contribution < -0.4 is 10.1 Å². The van der Waals surface area contributed by atoms with Gasteiger partial charge in [-0.3, -0.25) is 4.79 Å². The number of carbonyl (C=O) groups excluding carboxylic acids is 1. The molecule has 0 unspecified atom stereocenters. The smallest absolute Gasteiger partial charge is 0.258 e. The predicted octanol–water partition coefficient (Wildman–Crippen LogP) is 2.25. The molecule has 1 N–H and O–H groups in total. The number of nitrogens with zero attached hydrogens (tertiary/aromatic N) is 2. The number of benzene rings is 1. The van der Waals surface area contributed by atoms with E-state index in [9.17, 15) is 4.79 Å². The number of carbonyl (C=O) groups is 1. The van der Waals surface area contributed by atoms with E-state index in [0.717, 1.165) is 18.5 Å². The lowest BCUT2D eigenvalue weighted by Crippen LogP contribution is -2.24. The summed E-state index contributed by atoms with van der Waals surface area (Å²) in [6.45, 7) is 1.78. The first kappa shape index (κ1) is 13.0. The van der Waals surface area contributed by atoms with Crippen molar-refractivity contribution >= 4 is 17.5 Å². The molecule has 20 heavy (non-hydrogen) atoms. The van der Waals surface area contributed by atoms with Gasteiger partial charge in [-0.15, -0.1) is 0 Å². The van der Waals surface area contributed by atoms with E-state index in [4.69, 9.17) is 16.3 Å². The minimum atomic E-state index is -0.201. The monoisotopic (exact) mass is 291 g/mol. The number of fused-ring (bicyclic) bond motifs is 1. The highest BCUT2D eigenvalue weighted by Crippen LogP contribution is 2.22. The summed E-state index contributed by atoms with van der Waals surface area (Å²) in [5.74, 6) is 0.348. The van der Waals surface area contributed by atoms with Gasteiger partial charge >= 0.3 is 0 Å². The molecule has 1 aromatic carbocycles. The average molecular weight is 292 g/mol. The quantitative estimate of drug-likeness (QED) is 0.943. The van der Waals surface area contributed by atoms with Crippen molar-refractivity contribution in [3.63, 3.8) is 0 Å². The average Bonchev–Trinajstić information content (AvgIpc) is 2.90. The Morgan fingerprint density at radius 1 is 1.45 bits per heavy atom. The molecule has 0 saturated carbocycles. The molecule has 0 aliphatic carbocycles. The van der Waals surface area contributed by atoms with Gasteiger partial charge in [0.25, 0.3) is 5.91 Å². The first-order chi connectivity index (χ1) is 9.75. The summed E-state index contributed by atoms with van der Waals surface area (Å²) < 4.78 is 7.22. The van der Waals surface area contributed by atoms with Crippen LogP contribution in [0, 0.1) is 0 Å². The van der Waals surface area contributed by atoms with E-state index in [1.165, 1.54) is 0 Å². The fourth-order valence-electron chi connectivity index (χ4n) is 2.14. The van der Waals surface area contributed by atoms with E-state index < -0.39 is 0 Å². The minimum absolute atomic E-state index is 0.201. The van der Waals surface area contributed by atoms with E-state index in [2.05, 4.69) is 10.4 Å². The number of ether oxygens (including phenoxy) is 1. The highest BCUT2D eigenvalue weighted by atomic mass is 35.5. The van der Waals surface area contributed by atoms with Crippen molar-refractivity contribution < 1.29 is 9.53 Å². The van der Waals surface area contributed by atoms with Crippen LogP contribution in [0.5, 0.6) is 5.88 Å². The molecule has 1 aliphatic heterocycles. The van der Waals surface area contributed by atoms with Crippen LogP contribution in [0.4, 0.5) is 0 Å². The second-order valence-corrected chi connectivity index (χ2v) is 4.97. The van der Waals surface area contributed by atoms with Gasteiger partial charge in [0.05, 0.1) is 12.8 Å². The highest BCUT2D eigenvalue weighted by molar-refractivity contribution is 6.31. The van der Waals surface area contributed by atoms with Gasteiger partial charge in [0.15, 0.2) is 0 Å². The number of rotatable bonds is 3. The van der Waals surface area contributed by atoms with E-state index in [0.29, 0.717) is 29.6 Å². The summed E-state index contributed by atoms with van der Waals surface area (Å²) in [5, 5.41) is 7.63. The number of halogens is 1. The van der Waals surface area contributed by atoms with Crippen molar-refractivity contribution in [1.82, 2.24) is 15.1 Å². The largest absolute Gasteiger partial charge is 0.477 e. The lowest BCUT2D eigenvalue weighted by molar-refractivity contribution is 0.0944. The Kier molecular flexibility index (Phi) is 3.60. The second-order valence-electron chi connectivity index (χ2n) is 4.56. The first-order valence-electron chi connectivity index (χ1n) is 6.46. The van der Waals surface area contributed by atoms with Crippen LogP contribution >= 0.6 is 11.6 Å². The van der Waals surface area contributed by atoms with Gasteiger partial charge in [-0.2, -0.15) is 5.10 Å². The Morgan fingerprint density at radius 3 is 3.15 bits per heavy atom. The Morgan fingerprint density at radius 2 is 2.30 bits per heavy atom. The third-order valence-corrected chi connectivity index (χ3v) is 3.55. The van der Waals surface area contributed by atoms with Gasteiger partial charge < -0.3 is 10.1 Å². The van der Waals surface area contributed by atoms with Gasteiger partial charge in [-0.25, -0.2) is 4.68 Å². The van der Waals surface area contributed by atoms with E-state index in [1.807, 2.05) is 18.2 Å². The molecular formula is C14H14ClN3O2. The van der Waals surface area contributed by atoms with Gasteiger partial charge in [0.2, 0.25) is 5.88 Å². The topological polar surface area (TPSA) is 56.2 Å². The second kappa shape index (κ2) is 5.54. The molecule has 0 radical (unpaired) electrons. The van der Waals surface area contributed by atoms with Gasteiger partial charge in [-0.05, 0) is 11.6 Å². The third kappa shape index (κ3) is 2.49. The number of hydrogen-bond acceptors (Lipinski definition) is 3. The standard InChI is InChI=1S/C14H14ClN3O2/c15-12-5-2-1-4-10(12)8-16-13(19)11-9-17-18-6-3-7-20-14(11)18/h1-2,4-5,9H,3,6-8H2,(H,16,19). The molecule has 3 rings (SSSR count). The Bertz CT molecular complexity index is 639. The van der Waals surface area contributed by atoms with Crippen molar-refractivity contribution in [2.45, 2.75) is 19.5 Å². The molecule has 0 fully saturated rings. The molecule has 0 atom stereocenters. The maximum Gasteiger partial charge on any atom is 0.258 e. The summed E-state index contributed by atoms with van der Waals surface area (Å²) in [4.78, 5) is 12.2. The molecule has 2 aromatic rings. The molecular weight excluding hydrogens is 278 g/mol. The van der Waals surface area contributed by atoms with E-state index in [-0.39, 0.29) is 5.91 Å². The van der Waals surface area contributed by atoms with Gasteiger partial charge in [-0.1, -0.05) is 29.8 Å². The molecule has 1 amide bonds. The summed E-state index contributed by atoms with van der Waals surface area (Å²) in [5.41, 5.74) is 1.35. The summed E-state index contributed by atoms with van der Waals surface area (Å²) >= 11 is 6.06. The van der Waals surface area contributed by atoms with Crippen molar-refractivity contribution in [2.24, 2.45) is 0 Å². The zero-order valence-corrected chi connectivity index (χ0v) is 11.6. The highest BCUT2D eigenvalue weighted by Gasteiger charge is 2.21. The minimum Gasteiger partial charge on any atom is -0.477 e. The zero-order chi connectivity index (χ0) is 13.9. The maximum absolute atomic E-state index is 12.2. The molecule has 5 nitrogen and oxygen atoms in total. The number of aromatic nitrogens is 2. The molecule has 1 aromatic heterocycles. The number of hydrogen-bond donors (Lipinski definition) is 1. The van der Waals surface area contributed by atoms with Crippen LogP contribution in [0.15, 0.2) is 30.5 Å². The fraction of sp³-hybridized carbons (Fsp3) is 0.286. The van der Waals surface area contributed by atoms with Crippen molar-refractivity contribution in [3.8, 4) is 5.88 Å². The molecule has 1 aliphatic rings. The summed E-state index contributed by atoms with van der Waals surface area (Å²) in [6.07, 6.45) is 2.46. The normalized spacial score (nSPS) is 13.4. The molecule has 0 saturated heterocycles. The van der Waals surface area contributed by atoms with Crippen LogP contribution in [0.3, 0.4) is 0 Å².